The lowest BCUT2D eigenvalue weighted by Crippen LogP contribution is -2.51. The lowest BCUT2D eigenvalue weighted by molar-refractivity contribution is -0.168. The minimum absolute atomic E-state index is 0.0874. The molecule has 3 heterocycles. The van der Waals surface area contributed by atoms with Gasteiger partial charge in [-0.3, -0.25) is 9.59 Å². The zero-order valence-corrected chi connectivity index (χ0v) is 28.6. The Kier molecular flexibility index (Phi) is 14.3. The van der Waals surface area contributed by atoms with Crippen LogP contribution in [-0.4, -0.2) is 102 Å². The van der Waals surface area contributed by atoms with Gasteiger partial charge < -0.3 is 39.4 Å². The molecule has 0 bridgehead atoms. The van der Waals surface area contributed by atoms with Crippen LogP contribution in [0.2, 0.25) is 0 Å². The van der Waals surface area contributed by atoms with Crippen molar-refractivity contribution in [3.8, 4) is 0 Å². The Morgan fingerprint density at radius 3 is 2.57 bits per heavy atom. The number of rotatable bonds is 10. The number of piperazine rings is 1. The zero-order valence-electron chi connectivity index (χ0n) is 28.6. The van der Waals surface area contributed by atoms with Gasteiger partial charge in [-0.2, -0.15) is 0 Å². The van der Waals surface area contributed by atoms with Gasteiger partial charge in [0.25, 0.3) is 0 Å². The quantitative estimate of drug-likeness (QED) is 0.104. The van der Waals surface area contributed by atoms with Crippen molar-refractivity contribution in [2.24, 2.45) is 17.8 Å². The maximum atomic E-state index is 13.2. The molecule has 0 saturated carbocycles. The average Bonchev–Trinajstić information content (AvgIpc) is 3.77. The molecule has 0 aromatic carbocycles. The van der Waals surface area contributed by atoms with Crippen LogP contribution in [0.4, 0.5) is 4.79 Å². The SMILES string of the molecule is CC[C@H](O)[C@@H](C)[C@@H]1O[C@@H]1C[C@H](C)/C=C/C=C(\C)[C@H]1OC(=O)C[C@H](O)CC[C@@](C)(OC(C)=O)[C@@H](OC(=O)N2CCNCC2)/C=C\[C@@H]1C. The maximum absolute atomic E-state index is 13.2. The summed E-state index contributed by atoms with van der Waals surface area (Å²) in [6.07, 6.45) is 7.84. The molecule has 2 saturated heterocycles. The summed E-state index contributed by atoms with van der Waals surface area (Å²) in [5.41, 5.74) is -0.468. The minimum Gasteiger partial charge on any atom is -0.457 e. The number of nitrogens with one attached hydrogen (secondary N) is 1. The van der Waals surface area contributed by atoms with E-state index >= 15 is 0 Å². The first-order valence-corrected chi connectivity index (χ1v) is 16.8. The normalized spacial score (nSPS) is 34.0. The van der Waals surface area contributed by atoms with Gasteiger partial charge in [-0.1, -0.05) is 52.0 Å². The molecule has 260 valence electrons. The van der Waals surface area contributed by atoms with Crippen molar-refractivity contribution in [1.29, 1.82) is 0 Å². The number of hydrogen-bond acceptors (Lipinski definition) is 10. The Morgan fingerprint density at radius 1 is 1.22 bits per heavy atom. The molecule has 10 atom stereocenters. The van der Waals surface area contributed by atoms with E-state index in [2.05, 4.69) is 18.3 Å². The lowest BCUT2D eigenvalue weighted by atomic mass is 9.88. The second-order valence-corrected chi connectivity index (χ2v) is 13.5. The van der Waals surface area contributed by atoms with E-state index in [1.165, 1.54) is 6.92 Å². The lowest BCUT2D eigenvalue weighted by Gasteiger charge is -2.37. The fourth-order valence-electron chi connectivity index (χ4n) is 6.24. The van der Waals surface area contributed by atoms with Crippen molar-refractivity contribution in [1.82, 2.24) is 10.2 Å². The molecule has 11 heteroatoms. The molecule has 0 aromatic rings. The third-order valence-corrected chi connectivity index (χ3v) is 9.30. The molecule has 46 heavy (non-hydrogen) atoms. The molecule has 3 aliphatic heterocycles. The number of epoxide rings is 1. The highest BCUT2D eigenvalue weighted by molar-refractivity contribution is 5.71. The summed E-state index contributed by atoms with van der Waals surface area (Å²) < 4.78 is 23.5. The highest BCUT2D eigenvalue weighted by Gasteiger charge is 2.45. The first-order chi connectivity index (χ1) is 21.7. The number of esters is 2. The van der Waals surface area contributed by atoms with Crippen LogP contribution in [0, 0.1) is 17.8 Å². The number of carbonyl (C=O) groups excluding carboxylic acids is 3. The molecular formula is C35H56N2O9. The Labute approximate surface area is 274 Å². The highest BCUT2D eigenvalue weighted by Crippen LogP contribution is 2.36. The Morgan fingerprint density at radius 2 is 1.91 bits per heavy atom. The summed E-state index contributed by atoms with van der Waals surface area (Å²) >= 11 is 0. The summed E-state index contributed by atoms with van der Waals surface area (Å²) in [5, 5.41) is 24.1. The van der Waals surface area contributed by atoms with Gasteiger partial charge in [-0.05, 0) is 57.1 Å². The van der Waals surface area contributed by atoms with Crippen LogP contribution >= 0.6 is 0 Å². The second kappa shape index (κ2) is 17.4. The van der Waals surface area contributed by atoms with Crippen LogP contribution in [-0.2, 0) is 28.5 Å². The smallest absolute Gasteiger partial charge is 0.410 e. The van der Waals surface area contributed by atoms with Crippen LogP contribution in [0.25, 0.3) is 0 Å². The molecule has 0 unspecified atom stereocenters. The zero-order chi connectivity index (χ0) is 34.0. The third kappa shape index (κ3) is 11.2. The molecule has 2 fully saturated rings. The molecule has 0 aliphatic carbocycles. The predicted molar refractivity (Wildman–Crippen MR) is 174 cm³/mol. The van der Waals surface area contributed by atoms with Gasteiger partial charge in [0.15, 0.2) is 6.10 Å². The van der Waals surface area contributed by atoms with Gasteiger partial charge >= 0.3 is 18.0 Å². The summed E-state index contributed by atoms with van der Waals surface area (Å²) in [5.74, 6) is -1.06. The van der Waals surface area contributed by atoms with E-state index in [1.54, 1.807) is 17.9 Å². The number of amides is 1. The Balaban J connectivity index is 1.79. The van der Waals surface area contributed by atoms with Crippen molar-refractivity contribution in [2.45, 2.75) is 123 Å². The number of allylic oxidation sites excluding steroid dienone is 3. The maximum Gasteiger partial charge on any atom is 0.410 e. The van der Waals surface area contributed by atoms with E-state index in [1.807, 2.05) is 45.9 Å². The molecule has 3 rings (SSSR count). The van der Waals surface area contributed by atoms with Crippen molar-refractivity contribution >= 4 is 18.0 Å². The van der Waals surface area contributed by atoms with Crippen LogP contribution in [0.1, 0.15) is 80.6 Å². The minimum atomic E-state index is -1.27. The second-order valence-electron chi connectivity index (χ2n) is 13.5. The van der Waals surface area contributed by atoms with Gasteiger partial charge in [-0.25, -0.2) is 4.79 Å². The fraction of sp³-hybridized carbons (Fsp3) is 0.743. The van der Waals surface area contributed by atoms with Crippen LogP contribution in [0.15, 0.2) is 36.0 Å². The summed E-state index contributed by atoms with van der Waals surface area (Å²) in [7, 11) is 0. The van der Waals surface area contributed by atoms with Gasteiger partial charge in [-0.15, -0.1) is 0 Å². The molecule has 3 aliphatic rings. The predicted octanol–water partition coefficient (Wildman–Crippen LogP) is 4.07. The number of hydrogen-bond donors (Lipinski definition) is 3. The van der Waals surface area contributed by atoms with Crippen LogP contribution in [0.5, 0.6) is 0 Å². The number of nitrogens with zero attached hydrogens (tertiary/aromatic N) is 1. The van der Waals surface area contributed by atoms with Gasteiger partial charge in [0, 0.05) is 44.9 Å². The average molecular weight is 649 g/mol. The van der Waals surface area contributed by atoms with Crippen molar-refractivity contribution < 1.29 is 43.5 Å². The van der Waals surface area contributed by atoms with Gasteiger partial charge in [0.2, 0.25) is 0 Å². The fourth-order valence-corrected chi connectivity index (χ4v) is 6.24. The molecule has 11 nitrogen and oxygen atoms in total. The molecular weight excluding hydrogens is 592 g/mol. The van der Waals surface area contributed by atoms with E-state index in [4.69, 9.17) is 18.9 Å². The standard InChI is InChI=1S/C35H56N2O9/c1-8-28(40)25(5)33-29(43-33)20-22(2)10-9-11-23(3)32-24(4)12-13-30(44-34(42)37-18-16-36-17-19-37)35(7,46-26(6)38)15-14-27(39)21-31(41)45-32/h9-13,22,24-25,27-30,32-33,36,39-40H,8,14-21H2,1-7H3/b10-9+,13-12-,23-11+/t22-,24+,25-,27-,28+,29-,30+,32-,33+,35-/m1/s1. The van der Waals surface area contributed by atoms with Crippen molar-refractivity contribution in [2.75, 3.05) is 26.2 Å². The largest absolute Gasteiger partial charge is 0.457 e. The Hall–Kier alpha value is -2.73. The summed E-state index contributed by atoms with van der Waals surface area (Å²) in [6, 6.07) is 0. The molecule has 0 spiro atoms. The summed E-state index contributed by atoms with van der Waals surface area (Å²) in [6.45, 7) is 15.2. The number of aliphatic hydroxyl groups excluding tert-OH is 2. The number of ether oxygens (including phenoxy) is 4. The number of cyclic esters (lactones) is 1. The summed E-state index contributed by atoms with van der Waals surface area (Å²) in [4.78, 5) is 39.9. The van der Waals surface area contributed by atoms with E-state index in [-0.39, 0.29) is 55.3 Å². The highest BCUT2D eigenvalue weighted by atomic mass is 16.6. The molecule has 0 aromatic heterocycles. The monoisotopic (exact) mass is 648 g/mol. The number of carbonyl (C=O) groups is 3. The number of aliphatic hydroxyl groups is 2. The third-order valence-electron chi connectivity index (χ3n) is 9.30. The first kappa shape index (κ1) is 37.7. The van der Waals surface area contributed by atoms with E-state index in [0.29, 0.717) is 32.6 Å². The van der Waals surface area contributed by atoms with Crippen LogP contribution in [0.3, 0.4) is 0 Å². The van der Waals surface area contributed by atoms with Gasteiger partial charge in [0.05, 0.1) is 30.8 Å². The topological polar surface area (TPSA) is 147 Å². The molecule has 1 amide bonds. The van der Waals surface area contributed by atoms with E-state index in [0.717, 1.165) is 12.0 Å². The molecule has 0 radical (unpaired) electrons. The van der Waals surface area contributed by atoms with Crippen LogP contribution < -0.4 is 5.32 Å². The Bertz CT molecular complexity index is 1120. The van der Waals surface area contributed by atoms with Crippen molar-refractivity contribution in [3.63, 3.8) is 0 Å². The van der Waals surface area contributed by atoms with Crippen molar-refractivity contribution in [3.05, 3.63) is 36.0 Å². The van der Waals surface area contributed by atoms with E-state index < -0.39 is 41.9 Å². The van der Waals surface area contributed by atoms with Gasteiger partial charge in [0.1, 0.15) is 11.7 Å². The first-order valence-electron chi connectivity index (χ1n) is 16.8. The molecule has 3 N–H and O–H groups in total. The van der Waals surface area contributed by atoms with E-state index in [9.17, 15) is 24.6 Å².